The Bertz CT molecular complexity index is 793. The van der Waals surface area contributed by atoms with Gasteiger partial charge in [0.25, 0.3) is 0 Å². The van der Waals surface area contributed by atoms with E-state index < -0.39 is 5.97 Å². The number of likely N-dealkylation sites (tertiary alicyclic amines) is 1. The molecule has 0 bridgehead atoms. The van der Waals surface area contributed by atoms with E-state index in [0.29, 0.717) is 12.5 Å². The van der Waals surface area contributed by atoms with Crippen molar-refractivity contribution < 1.29 is 19.7 Å². The SMILES string of the molecule is O=C(O)/C=C/c1ccc(OCCN2CCC(c3ccccc3CO)CC2)cc1. The van der Waals surface area contributed by atoms with Gasteiger partial charge in [-0.25, -0.2) is 4.79 Å². The zero-order valence-electron chi connectivity index (χ0n) is 16.0. The molecule has 3 rings (SSSR count). The molecule has 0 aromatic heterocycles. The number of hydrogen-bond acceptors (Lipinski definition) is 4. The Morgan fingerprint density at radius 2 is 1.82 bits per heavy atom. The van der Waals surface area contributed by atoms with E-state index in [0.717, 1.165) is 55.4 Å². The van der Waals surface area contributed by atoms with E-state index in [1.165, 1.54) is 5.56 Å². The maximum Gasteiger partial charge on any atom is 0.328 e. The molecule has 2 N–H and O–H groups in total. The Morgan fingerprint density at radius 1 is 1.11 bits per heavy atom. The third-order valence-corrected chi connectivity index (χ3v) is 5.23. The number of carboxylic acids is 1. The van der Waals surface area contributed by atoms with Crippen molar-refractivity contribution in [2.24, 2.45) is 0 Å². The highest BCUT2D eigenvalue weighted by atomic mass is 16.5. The molecule has 1 aliphatic heterocycles. The van der Waals surface area contributed by atoms with Crippen molar-refractivity contribution >= 4 is 12.0 Å². The van der Waals surface area contributed by atoms with E-state index in [-0.39, 0.29) is 6.61 Å². The number of hydrogen-bond donors (Lipinski definition) is 2. The van der Waals surface area contributed by atoms with E-state index in [9.17, 15) is 9.90 Å². The van der Waals surface area contributed by atoms with Gasteiger partial charge in [0, 0.05) is 12.6 Å². The molecule has 5 nitrogen and oxygen atoms in total. The van der Waals surface area contributed by atoms with Gasteiger partial charge >= 0.3 is 5.97 Å². The Balaban J connectivity index is 1.41. The van der Waals surface area contributed by atoms with E-state index >= 15 is 0 Å². The summed E-state index contributed by atoms with van der Waals surface area (Å²) in [5.74, 6) is 0.357. The van der Waals surface area contributed by atoms with Gasteiger partial charge in [-0.05, 0) is 66.7 Å². The second-order valence-electron chi connectivity index (χ2n) is 7.06. The fourth-order valence-electron chi connectivity index (χ4n) is 3.68. The average Bonchev–Trinajstić information content (AvgIpc) is 2.73. The lowest BCUT2D eigenvalue weighted by atomic mass is 9.86. The summed E-state index contributed by atoms with van der Waals surface area (Å²) >= 11 is 0. The van der Waals surface area contributed by atoms with Gasteiger partial charge in [0.15, 0.2) is 0 Å². The van der Waals surface area contributed by atoms with Gasteiger partial charge in [0.05, 0.1) is 6.61 Å². The molecular formula is C23H27NO4. The number of aliphatic carboxylic acids is 1. The molecule has 1 heterocycles. The van der Waals surface area contributed by atoms with Crippen LogP contribution in [0.2, 0.25) is 0 Å². The van der Waals surface area contributed by atoms with Crippen molar-refractivity contribution in [1.29, 1.82) is 0 Å². The average molecular weight is 381 g/mol. The Kier molecular flexibility index (Phi) is 7.23. The summed E-state index contributed by atoms with van der Waals surface area (Å²) in [7, 11) is 0. The molecule has 1 fully saturated rings. The minimum Gasteiger partial charge on any atom is -0.492 e. The maximum absolute atomic E-state index is 10.5. The molecule has 0 aliphatic carbocycles. The molecule has 5 heteroatoms. The minimum atomic E-state index is -0.955. The molecule has 0 amide bonds. The van der Waals surface area contributed by atoms with Crippen LogP contribution in [0.1, 0.15) is 35.4 Å². The molecule has 0 spiro atoms. The van der Waals surface area contributed by atoms with E-state index in [2.05, 4.69) is 17.0 Å². The Labute approximate surface area is 165 Å². The molecule has 0 saturated carbocycles. The first-order chi connectivity index (χ1) is 13.7. The maximum atomic E-state index is 10.5. The highest BCUT2D eigenvalue weighted by molar-refractivity contribution is 5.85. The number of ether oxygens (including phenoxy) is 1. The summed E-state index contributed by atoms with van der Waals surface area (Å²) in [6.07, 6.45) is 4.88. The molecule has 1 saturated heterocycles. The van der Waals surface area contributed by atoms with E-state index in [1.807, 2.05) is 36.4 Å². The van der Waals surface area contributed by atoms with Crippen LogP contribution in [0.3, 0.4) is 0 Å². The standard InChI is InChI=1S/C23H27NO4/c25-17-20-3-1-2-4-22(20)19-11-13-24(14-12-19)15-16-28-21-8-5-18(6-9-21)7-10-23(26)27/h1-10,19,25H,11-17H2,(H,26,27)/b10-7+. The number of piperidine rings is 1. The largest absolute Gasteiger partial charge is 0.492 e. The molecular weight excluding hydrogens is 354 g/mol. The molecule has 28 heavy (non-hydrogen) atoms. The van der Waals surface area contributed by atoms with Crippen LogP contribution in [0, 0.1) is 0 Å². The summed E-state index contributed by atoms with van der Waals surface area (Å²) in [4.78, 5) is 13.0. The van der Waals surface area contributed by atoms with Crippen molar-refractivity contribution in [3.8, 4) is 5.75 Å². The smallest absolute Gasteiger partial charge is 0.328 e. The number of nitrogens with zero attached hydrogens (tertiary/aromatic N) is 1. The second-order valence-corrected chi connectivity index (χ2v) is 7.06. The van der Waals surface area contributed by atoms with Gasteiger partial charge in [0.1, 0.15) is 12.4 Å². The highest BCUT2D eigenvalue weighted by Gasteiger charge is 2.22. The summed E-state index contributed by atoms with van der Waals surface area (Å²) in [5.41, 5.74) is 3.17. The first-order valence-corrected chi connectivity index (χ1v) is 9.70. The molecule has 1 aliphatic rings. The summed E-state index contributed by atoms with van der Waals surface area (Å²) in [5, 5.41) is 18.2. The minimum absolute atomic E-state index is 0.106. The van der Waals surface area contributed by atoms with Crippen LogP contribution in [0.25, 0.3) is 6.08 Å². The molecule has 0 unspecified atom stereocenters. The van der Waals surface area contributed by atoms with Crippen molar-refractivity contribution in [3.05, 3.63) is 71.3 Å². The lowest BCUT2D eigenvalue weighted by Gasteiger charge is -2.32. The normalized spacial score (nSPS) is 15.8. The lowest BCUT2D eigenvalue weighted by molar-refractivity contribution is -0.131. The van der Waals surface area contributed by atoms with Crippen LogP contribution in [0.5, 0.6) is 5.75 Å². The van der Waals surface area contributed by atoms with Crippen molar-refractivity contribution in [3.63, 3.8) is 0 Å². The number of carboxylic acid groups (broad SMARTS) is 1. The third kappa shape index (κ3) is 5.68. The zero-order chi connectivity index (χ0) is 19.8. The van der Waals surface area contributed by atoms with Crippen LogP contribution in [0.15, 0.2) is 54.6 Å². The monoisotopic (exact) mass is 381 g/mol. The Hall–Kier alpha value is -2.63. The number of aliphatic hydroxyl groups is 1. The van der Waals surface area contributed by atoms with Crippen LogP contribution < -0.4 is 4.74 Å². The zero-order valence-corrected chi connectivity index (χ0v) is 16.0. The quantitative estimate of drug-likeness (QED) is 0.685. The van der Waals surface area contributed by atoms with Gasteiger partial charge in [-0.3, -0.25) is 4.90 Å². The van der Waals surface area contributed by atoms with Crippen LogP contribution in [0.4, 0.5) is 0 Å². The van der Waals surface area contributed by atoms with Crippen molar-refractivity contribution in [1.82, 2.24) is 4.90 Å². The molecule has 0 radical (unpaired) electrons. The van der Waals surface area contributed by atoms with Gasteiger partial charge in [-0.15, -0.1) is 0 Å². The number of benzene rings is 2. The fourth-order valence-corrected chi connectivity index (χ4v) is 3.68. The molecule has 148 valence electrons. The topological polar surface area (TPSA) is 70.0 Å². The fraction of sp³-hybridized carbons (Fsp3) is 0.348. The summed E-state index contributed by atoms with van der Waals surface area (Å²) in [6.45, 7) is 3.69. The van der Waals surface area contributed by atoms with Gasteiger partial charge in [-0.2, -0.15) is 0 Å². The van der Waals surface area contributed by atoms with E-state index in [1.54, 1.807) is 6.08 Å². The summed E-state index contributed by atoms with van der Waals surface area (Å²) in [6, 6.07) is 15.6. The van der Waals surface area contributed by atoms with Gasteiger partial charge < -0.3 is 14.9 Å². The van der Waals surface area contributed by atoms with Crippen LogP contribution >= 0.6 is 0 Å². The first kappa shape index (κ1) is 20.1. The number of rotatable bonds is 8. The van der Waals surface area contributed by atoms with Crippen molar-refractivity contribution in [2.75, 3.05) is 26.2 Å². The van der Waals surface area contributed by atoms with Gasteiger partial charge in [-0.1, -0.05) is 36.4 Å². The Morgan fingerprint density at radius 3 is 2.50 bits per heavy atom. The third-order valence-electron chi connectivity index (χ3n) is 5.23. The number of aliphatic hydroxyl groups excluding tert-OH is 1. The molecule has 2 aromatic carbocycles. The lowest BCUT2D eigenvalue weighted by Crippen LogP contribution is -2.36. The van der Waals surface area contributed by atoms with Gasteiger partial charge in [0.2, 0.25) is 0 Å². The molecule has 2 aromatic rings. The number of carbonyl (C=O) groups is 1. The first-order valence-electron chi connectivity index (χ1n) is 9.70. The van der Waals surface area contributed by atoms with Crippen molar-refractivity contribution in [2.45, 2.75) is 25.4 Å². The van der Waals surface area contributed by atoms with Crippen LogP contribution in [-0.4, -0.2) is 47.3 Å². The highest BCUT2D eigenvalue weighted by Crippen LogP contribution is 2.30. The molecule has 0 atom stereocenters. The van der Waals surface area contributed by atoms with E-state index in [4.69, 9.17) is 9.84 Å². The van der Waals surface area contributed by atoms with Crippen LogP contribution in [-0.2, 0) is 11.4 Å². The predicted octanol–water partition coefficient (Wildman–Crippen LogP) is 3.54. The second kappa shape index (κ2) is 10.1. The summed E-state index contributed by atoms with van der Waals surface area (Å²) < 4.78 is 5.82. The predicted molar refractivity (Wildman–Crippen MR) is 109 cm³/mol.